The molecule has 2 aromatic carbocycles. The second kappa shape index (κ2) is 10.8. The van der Waals surface area contributed by atoms with Crippen molar-refractivity contribution in [1.82, 2.24) is 9.80 Å². The molecular formula is C25H27N3O5S. The van der Waals surface area contributed by atoms with Gasteiger partial charge >= 0.3 is 0 Å². The first-order chi connectivity index (χ1) is 16.5. The molecule has 2 amide bonds. The van der Waals surface area contributed by atoms with Crippen LogP contribution in [-0.2, 0) is 9.53 Å². The van der Waals surface area contributed by atoms with E-state index >= 15 is 0 Å². The zero-order chi connectivity index (χ0) is 24.1. The van der Waals surface area contributed by atoms with Crippen LogP contribution < -0.4 is 9.47 Å². The summed E-state index contributed by atoms with van der Waals surface area (Å²) < 4.78 is 16.2. The van der Waals surface area contributed by atoms with E-state index in [4.69, 9.17) is 19.2 Å². The SMILES string of the molecule is CCN1C(=O)/C(=C\c2cccc(OC)c2OC)SC1=Nc1cccc(C(=O)N2CCOCC2)c1. The smallest absolute Gasteiger partial charge is 0.266 e. The molecule has 34 heavy (non-hydrogen) atoms. The molecule has 178 valence electrons. The summed E-state index contributed by atoms with van der Waals surface area (Å²) in [5, 5.41) is 0.566. The summed E-state index contributed by atoms with van der Waals surface area (Å²) >= 11 is 1.30. The molecule has 2 aliphatic rings. The quantitative estimate of drug-likeness (QED) is 0.584. The lowest BCUT2D eigenvalue weighted by Gasteiger charge is -2.26. The molecule has 0 aliphatic carbocycles. The first kappa shape index (κ1) is 23.8. The highest BCUT2D eigenvalue weighted by atomic mass is 32.2. The molecule has 0 atom stereocenters. The van der Waals surface area contributed by atoms with Gasteiger partial charge in [-0.1, -0.05) is 18.2 Å². The Kier molecular flexibility index (Phi) is 7.54. The Bertz CT molecular complexity index is 1140. The van der Waals surface area contributed by atoms with Crippen molar-refractivity contribution < 1.29 is 23.8 Å². The third-order valence-corrected chi connectivity index (χ3v) is 6.55. The number of hydrogen-bond donors (Lipinski definition) is 0. The fraction of sp³-hybridized carbons (Fsp3) is 0.320. The molecule has 2 aliphatic heterocycles. The number of ether oxygens (including phenoxy) is 3. The lowest BCUT2D eigenvalue weighted by molar-refractivity contribution is -0.122. The van der Waals surface area contributed by atoms with Crippen LogP contribution in [0.1, 0.15) is 22.8 Å². The van der Waals surface area contributed by atoms with E-state index in [2.05, 4.69) is 0 Å². The van der Waals surface area contributed by atoms with Crippen molar-refractivity contribution in [2.24, 2.45) is 4.99 Å². The number of methoxy groups -OCH3 is 2. The zero-order valence-electron chi connectivity index (χ0n) is 19.4. The number of hydrogen-bond acceptors (Lipinski definition) is 7. The number of amides is 2. The van der Waals surface area contributed by atoms with E-state index in [1.807, 2.05) is 31.2 Å². The van der Waals surface area contributed by atoms with Crippen molar-refractivity contribution in [2.45, 2.75) is 6.92 Å². The van der Waals surface area contributed by atoms with Crippen LogP contribution in [0.5, 0.6) is 11.5 Å². The van der Waals surface area contributed by atoms with E-state index in [1.54, 1.807) is 48.3 Å². The number of aliphatic imine (C=N–C) groups is 1. The van der Waals surface area contributed by atoms with Gasteiger partial charge in [-0.15, -0.1) is 0 Å². The molecule has 0 saturated carbocycles. The molecule has 4 rings (SSSR count). The molecule has 0 unspecified atom stereocenters. The van der Waals surface area contributed by atoms with Crippen LogP contribution in [0, 0.1) is 0 Å². The van der Waals surface area contributed by atoms with Gasteiger partial charge < -0.3 is 19.1 Å². The fourth-order valence-electron chi connectivity index (χ4n) is 3.81. The van der Waals surface area contributed by atoms with Gasteiger partial charge in [0.1, 0.15) is 0 Å². The maximum Gasteiger partial charge on any atom is 0.266 e. The van der Waals surface area contributed by atoms with Crippen LogP contribution in [0.2, 0.25) is 0 Å². The van der Waals surface area contributed by atoms with Crippen LogP contribution in [0.15, 0.2) is 52.4 Å². The maximum absolute atomic E-state index is 13.1. The second-order valence-corrected chi connectivity index (χ2v) is 8.60. The Morgan fingerprint density at radius 1 is 1.15 bits per heavy atom. The van der Waals surface area contributed by atoms with E-state index in [-0.39, 0.29) is 11.8 Å². The average Bonchev–Trinajstić information content (AvgIpc) is 3.17. The Hall–Kier alpha value is -3.30. The van der Waals surface area contributed by atoms with Crippen molar-refractivity contribution in [3.8, 4) is 11.5 Å². The summed E-state index contributed by atoms with van der Waals surface area (Å²) in [6, 6.07) is 12.7. The summed E-state index contributed by atoms with van der Waals surface area (Å²) in [4.78, 5) is 34.6. The highest BCUT2D eigenvalue weighted by Crippen LogP contribution is 2.38. The number of nitrogens with zero attached hydrogens (tertiary/aromatic N) is 3. The monoisotopic (exact) mass is 481 g/mol. The van der Waals surface area contributed by atoms with Gasteiger partial charge in [-0.2, -0.15) is 0 Å². The normalized spacial score (nSPS) is 18.6. The number of carbonyl (C=O) groups excluding carboxylic acids is 2. The van der Waals surface area contributed by atoms with Gasteiger partial charge in [0, 0.05) is 30.8 Å². The molecule has 2 fully saturated rings. The molecule has 0 radical (unpaired) electrons. The third kappa shape index (κ3) is 4.95. The average molecular weight is 482 g/mol. The number of amidine groups is 1. The van der Waals surface area contributed by atoms with Crippen molar-refractivity contribution in [1.29, 1.82) is 0 Å². The molecule has 2 heterocycles. The Morgan fingerprint density at radius 3 is 2.62 bits per heavy atom. The molecular weight excluding hydrogens is 454 g/mol. The summed E-state index contributed by atoms with van der Waals surface area (Å²) in [6.07, 6.45) is 1.79. The highest BCUT2D eigenvalue weighted by Gasteiger charge is 2.32. The maximum atomic E-state index is 13.1. The summed E-state index contributed by atoms with van der Waals surface area (Å²) in [7, 11) is 3.14. The number of thioether (sulfide) groups is 1. The fourth-order valence-corrected chi connectivity index (χ4v) is 4.86. The Balaban J connectivity index is 1.62. The van der Waals surface area contributed by atoms with Gasteiger partial charge in [-0.25, -0.2) is 4.99 Å². The van der Waals surface area contributed by atoms with Crippen molar-refractivity contribution in [3.05, 3.63) is 58.5 Å². The summed E-state index contributed by atoms with van der Waals surface area (Å²) in [5.74, 6) is 0.985. The van der Waals surface area contributed by atoms with Crippen LogP contribution in [-0.4, -0.2) is 73.8 Å². The molecule has 0 aromatic heterocycles. The lowest BCUT2D eigenvalue weighted by Crippen LogP contribution is -2.40. The number of rotatable bonds is 6. The van der Waals surface area contributed by atoms with Crippen molar-refractivity contribution in [3.63, 3.8) is 0 Å². The van der Waals surface area contributed by atoms with Gasteiger partial charge in [0.15, 0.2) is 16.7 Å². The number of likely N-dealkylation sites (N-methyl/N-ethyl adjacent to an activating group) is 1. The zero-order valence-corrected chi connectivity index (χ0v) is 20.3. The van der Waals surface area contributed by atoms with Gasteiger partial charge in [0.25, 0.3) is 11.8 Å². The van der Waals surface area contributed by atoms with Gasteiger partial charge in [0.2, 0.25) is 0 Å². The van der Waals surface area contributed by atoms with E-state index in [0.717, 1.165) is 5.56 Å². The van der Waals surface area contributed by atoms with Crippen molar-refractivity contribution >= 4 is 40.5 Å². The topological polar surface area (TPSA) is 80.7 Å². The van der Waals surface area contributed by atoms with Crippen LogP contribution in [0.4, 0.5) is 5.69 Å². The van der Waals surface area contributed by atoms with E-state index in [9.17, 15) is 9.59 Å². The molecule has 0 N–H and O–H groups in total. The molecule has 8 nitrogen and oxygen atoms in total. The lowest BCUT2D eigenvalue weighted by atomic mass is 10.1. The van der Waals surface area contributed by atoms with Crippen LogP contribution in [0.3, 0.4) is 0 Å². The van der Waals surface area contributed by atoms with Gasteiger partial charge in [0.05, 0.1) is 38.0 Å². The minimum Gasteiger partial charge on any atom is -0.493 e. The molecule has 0 spiro atoms. The number of benzene rings is 2. The molecule has 9 heteroatoms. The first-order valence-electron chi connectivity index (χ1n) is 11.0. The first-order valence-corrected chi connectivity index (χ1v) is 11.9. The van der Waals surface area contributed by atoms with E-state index < -0.39 is 0 Å². The second-order valence-electron chi connectivity index (χ2n) is 7.59. The van der Waals surface area contributed by atoms with Crippen LogP contribution >= 0.6 is 11.8 Å². The Labute approximate surface area is 203 Å². The number of morpholine rings is 1. The molecule has 2 saturated heterocycles. The van der Waals surface area contributed by atoms with E-state index in [0.29, 0.717) is 65.7 Å². The van der Waals surface area contributed by atoms with Crippen LogP contribution in [0.25, 0.3) is 6.08 Å². The largest absolute Gasteiger partial charge is 0.493 e. The molecule has 2 aromatic rings. The predicted octanol–water partition coefficient (Wildman–Crippen LogP) is 3.80. The Morgan fingerprint density at radius 2 is 1.91 bits per heavy atom. The third-order valence-electron chi connectivity index (χ3n) is 5.54. The minimum atomic E-state index is -0.128. The number of para-hydroxylation sites is 1. The summed E-state index contributed by atoms with van der Waals surface area (Å²) in [5.41, 5.74) is 1.93. The van der Waals surface area contributed by atoms with E-state index in [1.165, 1.54) is 11.8 Å². The molecule has 0 bridgehead atoms. The van der Waals surface area contributed by atoms with Gasteiger partial charge in [-0.3, -0.25) is 14.5 Å². The standard InChI is InChI=1S/C25H27N3O5S/c1-4-28-24(30)21(16-17-7-6-10-20(31-2)22(17)32-3)34-25(28)26-19-9-5-8-18(15-19)23(29)27-11-13-33-14-12-27/h5-10,15-16H,4,11-14H2,1-3H3/b21-16+,26-25?. The minimum absolute atomic E-state index is 0.0430. The predicted molar refractivity (Wildman–Crippen MR) is 133 cm³/mol. The highest BCUT2D eigenvalue weighted by molar-refractivity contribution is 8.18. The summed E-state index contributed by atoms with van der Waals surface area (Å²) in [6.45, 7) is 4.63. The van der Waals surface area contributed by atoms with Gasteiger partial charge in [-0.05, 0) is 49.0 Å². The number of carbonyl (C=O) groups is 2. The van der Waals surface area contributed by atoms with Crippen molar-refractivity contribution in [2.75, 3.05) is 47.1 Å².